The quantitative estimate of drug-likeness (QED) is 0.0263. The van der Waals surface area contributed by atoms with Crippen molar-refractivity contribution in [2.75, 3.05) is 13.2 Å². The second-order valence-electron chi connectivity index (χ2n) is 15.6. The maximum absolute atomic E-state index is 12.8. The van der Waals surface area contributed by atoms with Gasteiger partial charge >= 0.3 is 17.9 Å². The molecule has 0 radical (unpaired) electrons. The predicted molar refractivity (Wildman–Crippen MR) is 274 cm³/mol. The third-order valence-electron chi connectivity index (χ3n) is 9.57. The molecule has 0 aromatic rings. The molecule has 0 N–H and O–H groups in total. The smallest absolute Gasteiger partial charge is 0.306 e. The summed E-state index contributed by atoms with van der Waals surface area (Å²) in [5.74, 6) is -1.08. The lowest BCUT2D eigenvalue weighted by atomic mass is 10.1. The molecule has 0 aliphatic rings. The van der Waals surface area contributed by atoms with Gasteiger partial charge in [0.15, 0.2) is 6.10 Å². The fraction of sp³-hybridized carbons (Fsp3) is 0.534. The molecular formula is C58H88O6. The first-order valence-electron chi connectivity index (χ1n) is 24.8. The monoisotopic (exact) mass is 881 g/mol. The van der Waals surface area contributed by atoms with Crippen LogP contribution in [0, 0.1) is 0 Å². The molecule has 6 nitrogen and oxygen atoms in total. The van der Waals surface area contributed by atoms with Gasteiger partial charge in [-0.05, 0) is 122 Å². The third kappa shape index (κ3) is 48.3. The Morgan fingerprint density at radius 2 is 0.578 bits per heavy atom. The van der Waals surface area contributed by atoms with Gasteiger partial charge in [-0.2, -0.15) is 0 Å². The summed E-state index contributed by atoms with van der Waals surface area (Å²) in [7, 11) is 0. The zero-order valence-corrected chi connectivity index (χ0v) is 40.5. The van der Waals surface area contributed by atoms with Gasteiger partial charge in [-0.15, -0.1) is 0 Å². The molecular weight excluding hydrogens is 793 g/mol. The van der Waals surface area contributed by atoms with Crippen LogP contribution in [0.5, 0.6) is 0 Å². The fourth-order valence-corrected chi connectivity index (χ4v) is 5.96. The minimum atomic E-state index is -0.842. The van der Waals surface area contributed by atoms with E-state index in [0.29, 0.717) is 19.3 Å². The number of esters is 3. The standard InChI is InChI=1S/C58H88O6/c1-4-7-10-13-16-19-22-25-27-29-31-33-36-39-42-45-48-51-57(60)63-54-55(53-62-56(59)50-47-44-41-38-35-24-21-18-15-12-9-6-3)64-58(61)52-49-46-43-40-37-34-32-30-28-26-23-20-17-14-11-8-5-2/h7-12,16-21,25-28,31-34,39-40,42-43,55H,4-6,13-15,22-24,29-30,35-38,41,44-54H2,1-3H3/b10-7-,11-8-,12-9-,19-16-,20-17-,21-18-,27-25-,28-26-,33-31-,34-32-,42-39-,43-40-. The Labute approximate surface area is 391 Å². The van der Waals surface area contributed by atoms with Crippen LogP contribution in [-0.4, -0.2) is 37.2 Å². The largest absolute Gasteiger partial charge is 0.462 e. The van der Waals surface area contributed by atoms with Crippen molar-refractivity contribution in [1.29, 1.82) is 0 Å². The van der Waals surface area contributed by atoms with Crippen molar-refractivity contribution in [2.24, 2.45) is 0 Å². The highest BCUT2D eigenvalue weighted by atomic mass is 16.6. The number of unbranched alkanes of at least 4 members (excludes halogenated alkanes) is 7. The molecule has 0 heterocycles. The predicted octanol–water partition coefficient (Wildman–Crippen LogP) is 16.5. The number of rotatable bonds is 42. The summed E-state index contributed by atoms with van der Waals surface area (Å²) in [6.07, 6.45) is 72.7. The summed E-state index contributed by atoms with van der Waals surface area (Å²) in [5, 5.41) is 0. The van der Waals surface area contributed by atoms with Crippen LogP contribution in [0.2, 0.25) is 0 Å². The van der Waals surface area contributed by atoms with Crippen molar-refractivity contribution in [1.82, 2.24) is 0 Å². The van der Waals surface area contributed by atoms with Crippen molar-refractivity contribution in [2.45, 2.75) is 187 Å². The molecule has 0 rings (SSSR count). The van der Waals surface area contributed by atoms with E-state index in [4.69, 9.17) is 14.2 Å². The highest BCUT2D eigenvalue weighted by Gasteiger charge is 2.19. The van der Waals surface area contributed by atoms with Gasteiger partial charge in [0.1, 0.15) is 13.2 Å². The van der Waals surface area contributed by atoms with Crippen LogP contribution >= 0.6 is 0 Å². The van der Waals surface area contributed by atoms with Crippen LogP contribution in [0.15, 0.2) is 146 Å². The molecule has 356 valence electrons. The lowest BCUT2D eigenvalue weighted by Crippen LogP contribution is -2.30. The van der Waals surface area contributed by atoms with Gasteiger partial charge in [-0.3, -0.25) is 14.4 Å². The number of ether oxygens (including phenoxy) is 3. The minimum Gasteiger partial charge on any atom is -0.462 e. The lowest BCUT2D eigenvalue weighted by molar-refractivity contribution is -0.167. The fourth-order valence-electron chi connectivity index (χ4n) is 5.96. The summed E-state index contributed by atoms with van der Waals surface area (Å²) in [6, 6.07) is 0. The van der Waals surface area contributed by atoms with Crippen LogP contribution in [0.25, 0.3) is 0 Å². The van der Waals surface area contributed by atoms with E-state index in [1.165, 1.54) is 0 Å². The second kappa shape index (κ2) is 50.9. The van der Waals surface area contributed by atoms with Crippen molar-refractivity contribution in [3.8, 4) is 0 Å². The van der Waals surface area contributed by atoms with Gasteiger partial charge in [0.05, 0.1) is 0 Å². The summed E-state index contributed by atoms with van der Waals surface area (Å²) in [4.78, 5) is 37.9. The molecule has 1 atom stereocenters. The number of hydrogen-bond donors (Lipinski definition) is 0. The first kappa shape index (κ1) is 59.3. The Morgan fingerprint density at radius 1 is 0.312 bits per heavy atom. The van der Waals surface area contributed by atoms with Gasteiger partial charge < -0.3 is 14.2 Å². The lowest BCUT2D eigenvalue weighted by Gasteiger charge is -2.18. The normalized spacial score (nSPS) is 13.4. The molecule has 0 saturated carbocycles. The van der Waals surface area contributed by atoms with Gasteiger partial charge in [0, 0.05) is 19.3 Å². The van der Waals surface area contributed by atoms with E-state index >= 15 is 0 Å². The molecule has 0 aromatic carbocycles. The SMILES string of the molecule is CC/C=C\C/C=C\C/C=C\C/C=C\C/C=C\CCCC(=O)OCC(COC(=O)CCCCCCC/C=C\C/C=C\CC)OC(=O)CCC/C=C\C/C=C\C/C=C\C/C=C\C/C=C\CC. The molecule has 0 bridgehead atoms. The van der Waals surface area contributed by atoms with Gasteiger partial charge in [0.2, 0.25) is 0 Å². The molecule has 64 heavy (non-hydrogen) atoms. The molecule has 0 saturated heterocycles. The topological polar surface area (TPSA) is 78.9 Å². The van der Waals surface area contributed by atoms with Crippen molar-refractivity contribution < 1.29 is 28.6 Å². The summed E-state index contributed by atoms with van der Waals surface area (Å²) in [5.41, 5.74) is 0. The van der Waals surface area contributed by atoms with E-state index in [2.05, 4.69) is 167 Å². The minimum absolute atomic E-state index is 0.133. The zero-order chi connectivity index (χ0) is 46.5. The van der Waals surface area contributed by atoms with Crippen molar-refractivity contribution in [3.05, 3.63) is 146 Å². The van der Waals surface area contributed by atoms with E-state index in [0.717, 1.165) is 128 Å². The Balaban J connectivity index is 4.62. The van der Waals surface area contributed by atoms with Crippen molar-refractivity contribution in [3.63, 3.8) is 0 Å². The van der Waals surface area contributed by atoms with Crippen LogP contribution < -0.4 is 0 Å². The van der Waals surface area contributed by atoms with Gasteiger partial charge in [-0.25, -0.2) is 0 Å². The van der Waals surface area contributed by atoms with Crippen molar-refractivity contribution >= 4 is 17.9 Å². The van der Waals surface area contributed by atoms with E-state index in [-0.39, 0.29) is 38.0 Å². The number of carbonyl (C=O) groups is 3. The molecule has 6 heteroatoms. The Kier molecular flexibility index (Phi) is 47.2. The van der Waals surface area contributed by atoms with Gasteiger partial charge in [-0.1, -0.05) is 186 Å². The second-order valence-corrected chi connectivity index (χ2v) is 15.6. The van der Waals surface area contributed by atoms with Gasteiger partial charge in [0.25, 0.3) is 0 Å². The molecule has 1 unspecified atom stereocenters. The van der Waals surface area contributed by atoms with E-state index in [9.17, 15) is 14.4 Å². The average molecular weight is 881 g/mol. The molecule has 0 spiro atoms. The Bertz CT molecular complexity index is 1480. The zero-order valence-electron chi connectivity index (χ0n) is 40.5. The van der Waals surface area contributed by atoms with Crippen LogP contribution in [0.3, 0.4) is 0 Å². The number of allylic oxidation sites excluding steroid dienone is 24. The molecule has 0 amide bonds. The molecule has 0 aliphatic carbocycles. The number of hydrogen-bond acceptors (Lipinski definition) is 6. The van der Waals surface area contributed by atoms with Crippen LogP contribution in [0.1, 0.15) is 181 Å². The Morgan fingerprint density at radius 3 is 0.938 bits per heavy atom. The van der Waals surface area contributed by atoms with E-state index in [1.807, 2.05) is 0 Å². The Hall–Kier alpha value is -4.71. The van der Waals surface area contributed by atoms with E-state index in [1.54, 1.807) is 0 Å². The molecule has 0 aromatic heterocycles. The average Bonchev–Trinajstić information content (AvgIpc) is 3.29. The highest BCUT2D eigenvalue weighted by Crippen LogP contribution is 2.11. The van der Waals surface area contributed by atoms with Crippen LogP contribution in [0.4, 0.5) is 0 Å². The summed E-state index contributed by atoms with van der Waals surface area (Å²) < 4.78 is 16.6. The highest BCUT2D eigenvalue weighted by molar-refractivity contribution is 5.71. The maximum Gasteiger partial charge on any atom is 0.306 e. The van der Waals surface area contributed by atoms with Crippen LogP contribution in [-0.2, 0) is 28.6 Å². The summed E-state index contributed by atoms with van der Waals surface area (Å²) in [6.45, 7) is 6.15. The summed E-state index contributed by atoms with van der Waals surface area (Å²) >= 11 is 0. The maximum atomic E-state index is 12.8. The third-order valence-corrected chi connectivity index (χ3v) is 9.57. The number of carbonyl (C=O) groups excluding carboxylic acids is 3. The molecule has 0 aliphatic heterocycles. The first-order chi connectivity index (χ1) is 31.5. The first-order valence-corrected chi connectivity index (χ1v) is 24.8. The van der Waals surface area contributed by atoms with E-state index < -0.39 is 12.1 Å². The molecule has 0 fully saturated rings.